The average molecular weight is 321 g/mol. The van der Waals surface area contributed by atoms with E-state index in [0.717, 1.165) is 8.66 Å². The van der Waals surface area contributed by atoms with Gasteiger partial charge in [0.05, 0.1) is 16.9 Å². The van der Waals surface area contributed by atoms with Crippen molar-refractivity contribution >= 4 is 39.3 Å². The van der Waals surface area contributed by atoms with E-state index >= 15 is 0 Å². The van der Waals surface area contributed by atoms with Crippen LogP contribution in [0.4, 0.5) is 4.79 Å². The van der Waals surface area contributed by atoms with Crippen LogP contribution in [0.1, 0.15) is 11.8 Å². The number of thiophene rings is 1. The quantitative estimate of drug-likeness (QED) is 0.814. The van der Waals surface area contributed by atoms with E-state index in [0.29, 0.717) is 13.2 Å². The van der Waals surface area contributed by atoms with Crippen LogP contribution in [-0.4, -0.2) is 25.2 Å². The molecule has 0 unspecified atom stereocenters. The standard InChI is InChI=1S/C10H13BrN2O3S/c1-2-16-9(14)6-13-10(15)12-5-7-3-4-8(11)17-7/h3-4H,2,5-6H2,1H3,(H2,12,13,15). The molecular weight excluding hydrogens is 308 g/mol. The summed E-state index contributed by atoms with van der Waals surface area (Å²) >= 11 is 4.88. The zero-order chi connectivity index (χ0) is 12.7. The molecule has 94 valence electrons. The summed E-state index contributed by atoms with van der Waals surface area (Å²) in [6, 6.07) is 3.45. The Kier molecular flexibility index (Phi) is 5.99. The maximum atomic E-state index is 11.3. The van der Waals surface area contributed by atoms with Crippen molar-refractivity contribution in [2.24, 2.45) is 0 Å². The third-order valence-electron chi connectivity index (χ3n) is 1.75. The van der Waals surface area contributed by atoms with Gasteiger partial charge >= 0.3 is 12.0 Å². The molecule has 1 rings (SSSR count). The van der Waals surface area contributed by atoms with Crippen molar-refractivity contribution in [3.63, 3.8) is 0 Å². The van der Waals surface area contributed by atoms with E-state index in [-0.39, 0.29) is 12.6 Å². The molecule has 0 fully saturated rings. The Labute approximate surface area is 112 Å². The van der Waals surface area contributed by atoms with Crippen LogP contribution >= 0.6 is 27.3 Å². The molecule has 2 amide bonds. The van der Waals surface area contributed by atoms with Gasteiger partial charge in [0.15, 0.2) is 0 Å². The fraction of sp³-hybridized carbons (Fsp3) is 0.400. The van der Waals surface area contributed by atoms with Crippen molar-refractivity contribution in [2.75, 3.05) is 13.2 Å². The summed E-state index contributed by atoms with van der Waals surface area (Å²) in [7, 11) is 0. The fourth-order valence-corrected chi connectivity index (χ4v) is 2.46. The number of urea groups is 1. The molecule has 0 spiro atoms. The molecule has 0 radical (unpaired) electrons. The topological polar surface area (TPSA) is 67.4 Å². The molecule has 0 atom stereocenters. The molecule has 7 heteroatoms. The first-order chi connectivity index (χ1) is 8.11. The van der Waals surface area contributed by atoms with Crippen LogP contribution in [-0.2, 0) is 16.1 Å². The Morgan fingerprint density at radius 3 is 2.76 bits per heavy atom. The molecule has 0 bridgehead atoms. The SMILES string of the molecule is CCOC(=O)CNC(=O)NCc1ccc(Br)s1. The molecule has 2 N–H and O–H groups in total. The van der Waals surface area contributed by atoms with Crippen molar-refractivity contribution < 1.29 is 14.3 Å². The molecular formula is C10H13BrN2O3S. The van der Waals surface area contributed by atoms with E-state index in [4.69, 9.17) is 0 Å². The highest BCUT2D eigenvalue weighted by Crippen LogP contribution is 2.21. The van der Waals surface area contributed by atoms with Gasteiger partial charge in [-0.25, -0.2) is 4.79 Å². The van der Waals surface area contributed by atoms with Crippen LogP contribution in [0.5, 0.6) is 0 Å². The van der Waals surface area contributed by atoms with Gasteiger partial charge < -0.3 is 15.4 Å². The van der Waals surface area contributed by atoms with Gasteiger partial charge in [-0.05, 0) is 35.0 Å². The van der Waals surface area contributed by atoms with Crippen molar-refractivity contribution in [3.05, 3.63) is 20.8 Å². The predicted octanol–water partition coefficient (Wildman–Crippen LogP) is 1.87. The zero-order valence-electron chi connectivity index (χ0n) is 9.29. The Morgan fingerprint density at radius 2 is 2.18 bits per heavy atom. The molecule has 0 saturated heterocycles. The first kappa shape index (κ1) is 14.0. The molecule has 0 aromatic carbocycles. The van der Waals surface area contributed by atoms with Gasteiger partial charge in [-0.15, -0.1) is 11.3 Å². The number of rotatable bonds is 5. The lowest BCUT2D eigenvalue weighted by Gasteiger charge is -2.06. The van der Waals surface area contributed by atoms with Crippen molar-refractivity contribution in [1.82, 2.24) is 10.6 Å². The highest BCUT2D eigenvalue weighted by Gasteiger charge is 2.05. The summed E-state index contributed by atoms with van der Waals surface area (Å²) in [5.74, 6) is -0.443. The minimum atomic E-state index is -0.443. The minimum Gasteiger partial charge on any atom is -0.465 e. The molecule has 1 aromatic rings. The van der Waals surface area contributed by atoms with Crippen molar-refractivity contribution in [1.29, 1.82) is 0 Å². The van der Waals surface area contributed by atoms with E-state index in [1.807, 2.05) is 12.1 Å². The normalized spacial score (nSPS) is 9.76. The summed E-state index contributed by atoms with van der Waals surface area (Å²) in [5.41, 5.74) is 0. The lowest BCUT2D eigenvalue weighted by molar-refractivity contribution is -0.141. The van der Waals surface area contributed by atoms with E-state index < -0.39 is 5.97 Å². The molecule has 0 aliphatic carbocycles. The lowest BCUT2D eigenvalue weighted by atomic mass is 10.5. The first-order valence-corrected chi connectivity index (χ1v) is 6.64. The number of carbonyl (C=O) groups is 2. The van der Waals surface area contributed by atoms with E-state index in [1.54, 1.807) is 18.3 Å². The van der Waals surface area contributed by atoms with E-state index in [9.17, 15) is 9.59 Å². The van der Waals surface area contributed by atoms with Gasteiger partial charge in [-0.3, -0.25) is 4.79 Å². The largest absolute Gasteiger partial charge is 0.465 e. The second-order valence-electron chi connectivity index (χ2n) is 3.05. The number of hydrogen-bond donors (Lipinski definition) is 2. The van der Waals surface area contributed by atoms with Crippen LogP contribution in [0.25, 0.3) is 0 Å². The molecule has 1 heterocycles. The maximum Gasteiger partial charge on any atom is 0.325 e. The van der Waals surface area contributed by atoms with Gasteiger partial charge in [0.25, 0.3) is 0 Å². The smallest absolute Gasteiger partial charge is 0.325 e. The van der Waals surface area contributed by atoms with Crippen LogP contribution < -0.4 is 10.6 Å². The van der Waals surface area contributed by atoms with Crippen LogP contribution in [0.3, 0.4) is 0 Å². The van der Waals surface area contributed by atoms with Crippen molar-refractivity contribution in [3.8, 4) is 0 Å². The van der Waals surface area contributed by atoms with E-state index in [2.05, 4.69) is 31.3 Å². The second kappa shape index (κ2) is 7.29. The van der Waals surface area contributed by atoms with Crippen molar-refractivity contribution in [2.45, 2.75) is 13.5 Å². The van der Waals surface area contributed by atoms with Crippen LogP contribution in [0.15, 0.2) is 15.9 Å². The monoisotopic (exact) mass is 320 g/mol. The van der Waals surface area contributed by atoms with Gasteiger partial charge in [0.2, 0.25) is 0 Å². The number of carbonyl (C=O) groups excluding carboxylic acids is 2. The molecule has 1 aromatic heterocycles. The summed E-state index contributed by atoms with van der Waals surface area (Å²) in [4.78, 5) is 23.3. The number of amides is 2. The van der Waals surface area contributed by atoms with Gasteiger partial charge in [-0.2, -0.15) is 0 Å². The Bertz CT molecular complexity index is 395. The highest BCUT2D eigenvalue weighted by molar-refractivity contribution is 9.11. The lowest BCUT2D eigenvalue weighted by Crippen LogP contribution is -2.38. The fourth-order valence-electron chi connectivity index (χ4n) is 1.04. The number of ether oxygens (including phenoxy) is 1. The molecule has 0 aliphatic heterocycles. The third kappa shape index (κ3) is 5.69. The summed E-state index contributed by atoms with van der Waals surface area (Å²) in [6.45, 7) is 2.34. The third-order valence-corrected chi connectivity index (χ3v) is 3.37. The molecule has 5 nitrogen and oxygen atoms in total. The van der Waals surface area contributed by atoms with Gasteiger partial charge in [0.1, 0.15) is 6.54 Å². The number of nitrogens with one attached hydrogen (secondary N) is 2. The van der Waals surface area contributed by atoms with Gasteiger partial charge in [0, 0.05) is 4.88 Å². The highest BCUT2D eigenvalue weighted by atomic mass is 79.9. The Hall–Kier alpha value is -1.08. The first-order valence-electron chi connectivity index (χ1n) is 5.03. The zero-order valence-corrected chi connectivity index (χ0v) is 11.7. The van der Waals surface area contributed by atoms with Crippen LogP contribution in [0, 0.1) is 0 Å². The van der Waals surface area contributed by atoms with Gasteiger partial charge in [-0.1, -0.05) is 0 Å². The Morgan fingerprint density at radius 1 is 1.41 bits per heavy atom. The summed E-state index contributed by atoms with van der Waals surface area (Å²) in [6.07, 6.45) is 0. The summed E-state index contributed by atoms with van der Waals surface area (Å²) < 4.78 is 5.69. The van der Waals surface area contributed by atoms with Crippen LogP contribution in [0.2, 0.25) is 0 Å². The number of halogens is 1. The number of esters is 1. The minimum absolute atomic E-state index is 0.117. The summed E-state index contributed by atoms with van der Waals surface area (Å²) in [5, 5.41) is 5.05. The average Bonchev–Trinajstić information content (AvgIpc) is 2.70. The molecule has 17 heavy (non-hydrogen) atoms. The van der Waals surface area contributed by atoms with E-state index in [1.165, 1.54) is 0 Å². The Balaban J connectivity index is 2.19. The second-order valence-corrected chi connectivity index (χ2v) is 5.59. The number of hydrogen-bond acceptors (Lipinski definition) is 4. The maximum absolute atomic E-state index is 11.3. The predicted molar refractivity (Wildman–Crippen MR) is 68.9 cm³/mol. The molecule has 0 aliphatic rings. The molecule has 0 saturated carbocycles.